The first kappa shape index (κ1) is 14.8. The van der Waals surface area contributed by atoms with E-state index in [1.165, 1.54) is 31.4 Å². The molecule has 0 aromatic heterocycles. The number of benzene rings is 2. The molecule has 0 spiro atoms. The molecule has 2 rings (SSSR count). The fraction of sp³-hybridized carbons (Fsp3) is 0.133. The van der Waals surface area contributed by atoms with Gasteiger partial charge in [-0.1, -0.05) is 6.07 Å². The fourth-order valence-electron chi connectivity index (χ4n) is 1.77. The van der Waals surface area contributed by atoms with Crippen molar-refractivity contribution in [2.75, 3.05) is 12.4 Å². The van der Waals surface area contributed by atoms with Gasteiger partial charge in [0.2, 0.25) is 0 Å². The van der Waals surface area contributed by atoms with Crippen LogP contribution in [0.25, 0.3) is 0 Å². The second-order valence-corrected chi connectivity index (χ2v) is 4.33. The van der Waals surface area contributed by atoms with Crippen LogP contribution in [0.15, 0.2) is 36.4 Å². The summed E-state index contributed by atoms with van der Waals surface area (Å²) >= 11 is 0. The van der Waals surface area contributed by atoms with Crippen molar-refractivity contribution in [1.82, 2.24) is 0 Å². The van der Waals surface area contributed by atoms with E-state index in [1.807, 2.05) is 0 Å². The number of aromatic hydroxyl groups is 1. The van der Waals surface area contributed by atoms with Crippen molar-refractivity contribution in [3.8, 4) is 5.75 Å². The maximum Gasteiger partial charge on any atom is 0.340 e. The predicted octanol–water partition coefficient (Wildman–Crippen LogP) is 3.07. The number of phenols is 1. The molecule has 0 aliphatic carbocycles. The molecular weight excluding hydrogens is 280 g/mol. The average molecular weight is 293 g/mol. The summed E-state index contributed by atoms with van der Waals surface area (Å²) in [5, 5.41) is 12.0. The molecule has 2 aromatic carbocycles. The summed E-state index contributed by atoms with van der Waals surface area (Å²) in [4.78, 5) is 11.4. The molecule has 6 heteroatoms. The molecule has 0 radical (unpaired) electrons. The zero-order valence-corrected chi connectivity index (χ0v) is 11.2. The van der Waals surface area contributed by atoms with Crippen LogP contribution in [0.1, 0.15) is 15.9 Å². The Morgan fingerprint density at radius 1 is 1.19 bits per heavy atom. The molecule has 0 aliphatic rings. The smallest absolute Gasteiger partial charge is 0.340 e. The van der Waals surface area contributed by atoms with E-state index in [-0.39, 0.29) is 12.1 Å². The van der Waals surface area contributed by atoms with Gasteiger partial charge in [0.1, 0.15) is 5.82 Å². The van der Waals surface area contributed by atoms with Gasteiger partial charge in [-0.2, -0.15) is 0 Å². The summed E-state index contributed by atoms with van der Waals surface area (Å²) in [6.45, 7) is 0.253. The highest BCUT2D eigenvalue weighted by atomic mass is 19.1. The summed E-state index contributed by atoms with van der Waals surface area (Å²) in [6.07, 6.45) is 0. The van der Waals surface area contributed by atoms with E-state index in [9.17, 15) is 13.6 Å². The number of anilines is 1. The standard InChI is InChI=1S/C15H13F2NO3/c1-21-15(20)11-7-10(3-4-12(11)16)18-8-9-2-5-14(19)13(17)6-9/h2-7,18-19H,8H2,1H3. The maximum atomic E-state index is 13.5. The molecule has 110 valence electrons. The topological polar surface area (TPSA) is 58.6 Å². The van der Waals surface area contributed by atoms with Crippen molar-refractivity contribution in [2.45, 2.75) is 6.54 Å². The van der Waals surface area contributed by atoms with Crippen molar-refractivity contribution in [1.29, 1.82) is 0 Å². The summed E-state index contributed by atoms with van der Waals surface area (Å²) in [7, 11) is 1.17. The van der Waals surface area contributed by atoms with Gasteiger partial charge in [0.25, 0.3) is 0 Å². The second kappa shape index (κ2) is 6.21. The van der Waals surface area contributed by atoms with E-state index in [2.05, 4.69) is 10.1 Å². The second-order valence-electron chi connectivity index (χ2n) is 4.33. The van der Waals surface area contributed by atoms with E-state index in [4.69, 9.17) is 5.11 Å². The number of methoxy groups -OCH3 is 1. The van der Waals surface area contributed by atoms with Crippen LogP contribution in [0, 0.1) is 11.6 Å². The normalized spacial score (nSPS) is 10.2. The van der Waals surface area contributed by atoms with E-state index in [0.29, 0.717) is 11.3 Å². The third kappa shape index (κ3) is 3.47. The highest BCUT2D eigenvalue weighted by Gasteiger charge is 2.12. The largest absolute Gasteiger partial charge is 0.505 e. The molecule has 4 nitrogen and oxygen atoms in total. The van der Waals surface area contributed by atoms with Crippen LogP contribution in [0.5, 0.6) is 5.75 Å². The Bertz CT molecular complexity index is 674. The summed E-state index contributed by atoms with van der Waals surface area (Å²) in [5.41, 5.74) is 0.902. The van der Waals surface area contributed by atoms with Gasteiger partial charge in [0.15, 0.2) is 11.6 Å². The first-order valence-corrected chi connectivity index (χ1v) is 6.10. The van der Waals surface area contributed by atoms with Gasteiger partial charge < -0.3 is 15.2 Å². The number of hydrogen-bond acceptors (Lipinski definition) is 4. The number of phenolic OH excluding ortho intramolecular Hbond substituents is 1. The zero-order valence-electron chi connectivity index (χ0n) is 11.2. The minimum Gasteiger partial charge on any atom is -0.505 e. The number of hydrogen-bond donors (Lipinski definition) is 2. The minimum absolute atomic E-state index is 0.181. The number of ether oxygens (including phenoxy) is 1. The van der Waals surface area contributed by atoms with Gasteiger partial charge in [-0.05, 0) is 35.9 Å². The Hall–Kier alpha value is -2.63. The molecule has 0 fully saturated rings. The van der Waals surface area contributed by atoms with Crippen LogP contribution >= 0.6 is 0 Å². The lowest BCUT2D eigenvalue weighted by molar-refractivity contribution is 0.0595. The van der Waals surface area contributed by atoms with Crippen molar-refractivity contribution in [3.63, 3.8) is 0 Å². The molecule has 21 heavy (non-hydrogen) atoms. The van der Waals surface area contributed by atoms with Gasteiger partial charge in [-0.3, -0.25) is 0 Å². The van der Waals surface area contributed by atoms with Crippen molar-refractivity contribution >= 4 is 11.7 Å². The first-order valence-electron chi connectivity index (χ1n) is 6.10. The molecule has 2 N–H and O–H groups in total. The molecule has 0 heterocycles. The summed E-state index contributed by atoms with van der Waals surface area (Å²) in [6, 6.07) is 7.91. The number of rotatable bonds is 4. The van der Waals surface area contributed by atoms with Crippen LogP contribution in [0.4, 0.5) is 14.5 Å². The van der Waals surface area contributed by atoms with Gasteiger partial charge in [0, 0.05) is 12.2 Å². The van der Waals surface area contributed by atoms with Crippen molar-refractivity contribution in [2.24, 2.45) is 0 Å². The predicted molar refractivity (Wildman–Crippen MR) is 73.1 cm³/mol. The SMILES string of the molecule is COC(=O)c1cc(NCc2ccc(O)c(F)c2)ccc1F. The molecule has 0 saturated carbocycles. The Labute approximate surface area is 120 Å². The van der Waals surface area contributed by atoms with Crippen LogP contribution < -0.4 is 5.32 Å². The molecule has 0 aliphatic heterocycles. The van der Waals surface area contributed by atoms with Crippen molar-refractivity contribution in [3.05, 3.63) is 59.2 Å². The van der Waals surface area contributed by atoms with Gasteiger partial charge in [0.05, 0.1) is 12.7 Å². The Morgan fingerprint density at radius 3 is 2.62 bits per heavy atom. The Balaban J connectivity index is 2.13. The summed E-state index contributed by atoms with van der Waals surface area (Å²) in [5.74, 6) is -2.59. The van der Waals surface area contributed by atoms with Crippen LogP contribution in [0.2, 0.25) is 0 Å². The Kier molecular flexibility index (Phi) is 4.37. The molecular formula is C15H13F2NO3. The molecule has 0 bridgehead atoms. The fourth-order valence-corrected chi connectivity index (χ4v) is 1.77. The average Bonchev–Trinajstić information content (AvgIpc) is 2.49. The number of esters is 1. The number of carbonyl (C=O) groups excluding carboxylic acids is 1. The number of nitrogens with one attached hydrogen (secondary N) is 1. The molecule has 0 amide bonds. The van der Waals surface area contributed by atoms with Crippen LogP contribution in [-0.2, 0) is 11.3 Å². The lowest BCUT2D eigenvalue weighted by Crippen LogP contribution is -2.06. The zero-order chi connectivity index (χ0) is 15.4. The monoisotopic (exact) mass is 293 g/mol. The minimum atomic E-state index is -0.771. The van der Waals surface area contributed by atoms with E-state index in [0.717, 1.165) is 6.07 Å². The number of halogens is 2. The summed E-state index contributed by atoms with van der Waals surface area (Å²) < 4.78 is 31.1. The maximum absolute atomic E-state index is 13.5. The lowest BCUT2D eigenvalue weighted by Gasteiger charge is -2.09. The van der Waals surface area contributed by atoms with E-state index >= 15 is 0 Å². The molecule has 0 unspecified atom stereocenters. The molecule has 2 aromatic rings. The first-order chi connectivity index (χ1) is 10.0. The van der Waals surface area contributed by atoms with Crippen molar-refractivity contribution < 1.29 is 23.4 Å². The third-order valence-corrected chi connectivity index (χ3v) is 2.88. The lowest BCUT2D eigenvalue weighted by atomic mass is 10.1. The Morgan fingerprint density at radius 2 is 1.95 bits per heavy atom. The van der Waals surface area contributed by atoms with Crippen LogP contribution in [0.3, 0.4) is 0 Å². The number of carbonyl (C=O) groups is 1. The highest BCUT2D eigenvalue weighted by molar-refractivity contribution is 5.90. The van der Waals surface area contributed by atoms with Gasteiger partial charge in [-0.15, -0.1) is 0 Å². The van der Waals surface area contributed by atoms with Gasteiger partial charge in [-0.25, -0.2) is 13.6 Å². The van der Waals surface area contributed by atoms with E-state index < -0.39 is 23.4 Å². The molecule has 0 atom stereocenters. The van der Waals surface area contributed by atoms with Crippen LogP contribution in [-0.4, -0.2) is 18.2 Å². The molecule has 0 saturated heterocycles. The third-order valence-electron chi connectivity index (χ3n) is 2.88. The quantitative estimate of drug-likeness (QED) is 0.851. The van der Waals surface area contributed by atoms with Gasteiger partial charge >= 0.3 is 5.97 Å². The van der Waals surface area contributed by atoms with E-state index in [1.54, 1.807) is 6.07 Å². The highest BCUT2D eigenvalue weighted by Crippen LogP contribution is 2.19.